The Morgan fingerprint density at radius 1 is 1.31 bits per heavy atom. The van der Waals surface area contributed by atoms with Gasteiger partial charge in [-0.15, -0.1) is 12.4 Å². The third-order valence-electron chi connectivity index (χ3n) is 4.68. The van der Waals surface area contributed by atoms with Crippen LogP contribution in [0.4, 0.5) is 0 Å². The maximum Gasteiger partial charge on any atom is 0.225 e. The molecule has 2 amide bonds. The Morgan fingerprint density at radius 2 is 1.92 bits per heavy atom. The number of methoxy groups -OCH3 is 1. The summed E-state index contributed by atoms with van der Waals surface area (Å²) in [4.78, 5) is 25.9. The zero-order chi connectivity index (χ0) is 18.4. The molecule has 1 saturated heterocycles. The lowest BCUT2D eigenvalue weighted by atomic mass is 9.99. The highest BCUT2D eigenvalue weighted by Crippen LogP contribution is 2.19. The summed E-state index contributed by atoms with van der Waals surface area (Å²) in [6.45, 7) is 6.12. The summed E-state index contributed by atoms with van der Waals surface area (Å²) in [5.41, 5.74) is 8.44. The van der Waals surface area contributed by atoms with Gasteiger partial charge in [-0.05, 0) is 17.0 Å². The quantitative estimate of drug-likeness (QED) is 0.717. The molecule has 146 valence electrons. The predicted molar refractivity (Wildman–Crippen MR) is 104 cm³/mol. The third-order valence-corrected chi connectivity index (χ3v) is 4.68. The number of halogens is 1. The molecule has 0 aromatic heterocycles. The first-order valence-electron chi connectivity index (χ1n) is 8.82. The molecular formula is C19H30ClN3O3. The normalized spacial score (nSPS) is 18.0. The number of nitrogens with zero attached hydrogens (tertiary/aromatic N) is 1. The Balaban J connectivity index is 0.00000338. The van der Waals surface area contributed by atoms with Crippen LogP contribution < -0.4 is 11.1 Å². The molecule has 2 unspecified atom stereocenters. The SMILES string of the molecule is COCCN1CC(C(=O)NCC(N)c2ccc(C(C)C)cc2)CC1=O.Cl. The summed E-state index contributed by atoms with van der Waals surface area (Å²) in [7, 11) is 1.60. The minimum Gasteiger partial charge on any atom is -0.383 e. The number of rotatable bonds is 8. The molecule has 1 aromatic rings. The maximum absolute atomic E-state index is 12.3. The van der Waals surface area contributed by atoms with Gasteiger partial charge in [0.05, 0.1) is 12.5 Å². The van der Waals surface area contributed by atoms with Crippen molar-refractivity contribution in [1.29, 1.82) is 0 Å². The predicted octanol–water partition coefficient (Wildman–Crippen LogP) is 1.84. The lowest BCUT2D eigenvalue weighted by Gasteiger charge is -2.17. The van der Waals surface area contributed by atoms with Crippen molar-refractivity contribution in [2.45, 2.75) is 32.2 Å². The van der Waals surface area contributed by atoms with Crippen molar-refractivity contribution < 1.29 is 14.3 Å². The van der Waals surface area contributed by atoms with E-state index in [-0.39, 0.29) is 42.6 Å². The smallest absolute Gasteiger partial charge is 0.225 e. The van der Waals surface area contributed by atoms with Gasteiger partial charge in [-0.1, -0.05) is 38.1 Å². The number of amides is 2. The summed E-state index contributed by atoms with van der Waals surface area (Å²) in [6, 6.07) is 7.91. The molecule has 0 aliphatic carbocycles. The standard InChI is InChI=1S/C19H29N3O3.ClH/c1-13(2)14-4-6-15(7-5-14)17(20)11-21-19(24)16-10-18(23)22(12-16)8-9-25-3;/h4-7,13,16-17H,8-12,20H2,1-3H3,(H,21,24);1H. The van der Waals surface area contributed by atoms with Crippen molar-refractivity contribution in [2.24, 2.45) is 11.7 Å². The van der Waals surface area contributed by atoms with Gasteiger partial charge >= 0.3 is 0 Å². The fourth-order valence-corrected chi connectivity index (χ4v) is 2.97. The van der Waals surface area contributed by atoms with Crippen LogP contribution in [-0.4, -0.2) is 50.1 Å². The summed E-state index contributed by atoms with van der Waals surface area (Å²) >= 11 is 0. The van der Waals surface area contributed by atoms with Crippen molar-refractivity contribution in [2.75, 3.05) is 33.4 Å². The van der Waals surface area contributed by atoms with Crippen LogP contribution in [-0.2, 0) is 14.3 Å². The number of hydrogen-bond acceptors (Lipinski definition) is 4. The lowest BCUT2D eigenvalue weighted by molar-refractivity contribution is -0.129. The topological polar surface area (TPSA) is 84.7 Å². The van der Waals surface area contributed by atoms with E-state index in [2.05, 4.69) is 31.3 Å². The van der Waals surface area contributed by atoms with Crippen LogP contribution in [0.2, 0.25) is 0 Å². The van der Waals surface area contributed by atoms with Gasteiger partial charge in [0.2, 0.25) is 11.8 Å². The second-order valence-corrected chi connectivity index (χ2v) is 6.91. The van der Waals surface area contributed by atoms with Crippen molar-refractivity contribution in [3.63, 3.8) is 0 Å². The second kappa shape index (κ2) is 10.5. The molecule has 0 radical (unpaired) electrons. The maximum atomic E-state index is 12.3. The molecule has 26 heavy (non-hydrogen) atoms. The largest absolute Gasteiger partial charge is 0.383 e. The Morgan fingerprint density at radius 3 is 2.50 bits per heavy atom. The van der Waals surface area contributed by atoms with E-state index in [1.807, 2.05) is 12.1 Å². The van der Waals surface area contributed by atoms with Crippen LogP contribution in [0.1, 0.15) is 43.4 Å². The summed E-state index contributed by atoms with van der Waals surface area (Å²) in [6.07, 6.45) is 0.258. The molecule has 6 nitrogen and oxygen atoms in total. The molecule has 0 spiro atoms. The van der Waals surface area contributed by atoms with Gasteiger partial charge in [0.1, 0.15) is 0 Å². The van der Waals surface area contributed by atoms with Crippen LogP contribution in [0.25, 0.3) is 0 Å². The highest BCUT2D eigenvalue weighted by Gasteiger charge is 2.33. The number of nitrogens with two attached hydrogens (primary N) is 1. The van der Waals surface area contributed by atoms with E-state index in [1.165, 1.54) is 5.56 Å². The molecule has 0 saturated carbocycles. The number of carbonyl (C=O) groups is 2. The molecule has 3 N–H and O–H groups in total. The van der Waals surface area contributed by atoms with Gasteiger partial charge in [-0.3, -0.25) is 9.59 Å². The average Bonchev–Trinajstić information content (AvgIpc) is 2.98. The molecule has 0 bridgehead atoms. The number of benzene rings is 1. The fourth-order valence-electron chi connectivity index (χ4n) is 2.97. The van der Waals surface area contributed by atoms with Crippen molar-refractivity contribution in [3.05, 3.63) is 35.4 Å². The molecule has 7 heteroatoms. The van der Waals surface area contributed by atoms with Crippen LogP contribution in [0.15, 0.2) is 24.3 Å². The number of nitrogens with one attached hydrogen (secondary N) is 1. The minimum atomic E-state index is -0.306. The fraction of sp³-hybridized carbons (Fsp3) is 0.579. The zero-order valence-electron chi connectivity index (χ0n) is 15.7. The number of hydrogen-bond donors (Lipinski definition) is 2. The van der Waals surface area contributed by atoms with Crippen LogP contribution >= 0.6 is 12.4 Å². The molecule has 2 rings (SSSR count). The summed E-state index contributed by atoms with van der Waals surface area (Å²) in [5, 5.41) is 2.88. The molecule has 1 heterocycles. The van der Waals surface area contributed by atoms with Crippen LogP contribution in [0.3, 0.4) is 0 Å². The van der Waals surface area contributed by atoms with Crippen molar-refractivity contribution in [3.8, 4) is 0 Å². The molecular weight excluding hydrogens is 354 g/mol. The van der Waals surface area contributed by atoms with E-state index in [4.69, 9.17) is 10.5 Å². The molecule has 1 aromatic carbocycles. The Kier molecular flexibility index (Phi) is 9.05. The molecule has 2 atom stereocenters. The average molecular weight is 384 g/mol. The monoisotopic (exact) mass is 383 g/mol. The first-order valence-corrected chi connectivity index (χ1v) is 8.82. The van der Waals surface area contributed by atoms with Gasteiger partial charge in [0.15, 0.2) is 0 Å². The van der Waals surface area contributed by atoms with E-state index in [0.717, 1.165) is 5.56 Å². The van der Waals surface area contributed by atoms with E-state index >= 15 is 0 Å². The zero-order valence-corrected chi connectivity index (χ0v) is 16.6. The van der Waals surface area contributed by atoms with E-state index in [9.17, 15) is 9.59 Å². The third kappa shape index (κ3) is 5.97. The first-order chi connectivity index (χ1) is 11.9. The first kappa shape index (κ1) is 22.4. The van der Waals surface area contributed by atoms with E-state index in [1.54, 1.807) is 12.0 Å². The number of likely N-dealkylation sites (tertiary alicyclic amines) is 1. The minimum absolute atomic E-state index is 0. The van der Waals surface area contributed by atoms with Gasteiger partial charge in [-0.2, -0.15) is 0 Å². The highest BCUT2D eigenvalue weighted by atomic mass is 35.5. The highest BCUT2D eigenvalue weighted by molar-refractivity contribution is 5.89. The Bertz CT molecular complexity index is 592. The van der Waals surface area contributed by atoms with E-state index in [0.29, 0.717) is 32.2 Å². The van der Waals surface area contributed by atoms with Crippen LogP contribution in [0, 0.1) is 5.92 Å². The van der Waals surface area contributed by atoms with Gasteiger partial charge < -0.3 is 20.7 Å². The van der Waals surface area contributed by atoms with Crippen molar-refractivity contribution in [1.82, 2.24) is 10.2 Å². The number of ether oxygens (including phenoxy) is 1. The second-order valence-electron chi connectivity index (χ2n) is 6.91. The van der Waals surface area contributed by atoms with Crippen LogP contribution in [0.5, 0.6) is 0 Å². The molecule has 1 aliphatic rings. The molecule has 1 aliphatic heterocycles. The Labute approximate surface area is 161 Å². The number of carbonyl (C=O) groups excluding carboxylic acids is 2. The van der Waals surface area contributed by atoms with Gasteiger partial charge in [-0.25, -0.2) is 0 Å². The Hall–Kier alpha value is -1.63. The molecule has 1 fully saturated rings. The van der Waals surface area contributed by atoms with Gasteiger partial charge in [0, 0.05) is 39.2 Å². The van der Waals surface area contributed by atoms with E-state index < -0.39 is 0 Å². The van der Waals surface area contributed by atoms with Crippen molar-refractivity contribution >= 4 is 24.2 Å². The lowest BCUT2D eigenvalue weighted by Crippen LogP contribution is -2.37. The summed E-state index contributed by atoms with van der Waals surface area (Å²) < 4.78 is 4.99. The summed E-state index contributed by atoms with van der Waals surface area (Å²) in [5.74, 6) is 0.0686. The van der Waals surface area contributed by atoms with Gasteiger partial charge in [0.25, 0.3) is 0 Å².